The number of primary amides is 1. The Labute approximate surface area is 544 Å². The molecule has 1 aromatic carbocycles. The number of methoxy groups -OCH3 is 1. The Morgan fingerprint density at radius 3 is 2.28 bits per heavy atom. The smallest absolute Gasteiger partial charge is 0.410 e. The van der Waals surface area contributed by atoms with Gasteiger partial charge in [-0.25, -0.2) is 14.4 Å². The largest absolute Gasteiger partial charge is 0.481 e. The molecule has 13 atom stereocenters. The molecule has 0 aliphatic carbocycles. The van der Waals surface area contributed by atoms with Crippen LogP contribution in [0.4, 0.5) is 20.1 Å². The Bertz CT molecular complexity index is 2860. The normalized spacial score (nSPS) is 25.1. The quantitative estimate of drug-likeness (QED) is 0.00893. The van der Waals surface area contributed by atoms with Crippen LogP contribution in [0.2, 0.25) is 0 Å². The zero-order valence-corrected chi connectivity index (χ0v) is 55.0. The highest BCUT2D eigenvalue weighted by atomic mass is 16.6. The van der Waals surface area contributed by atoms with Crippen molar-refractivity contribution >= 4 is 65.4 Å². The Kier molecular flexibility index (Phi) is 29.5. The number of carboxylic acid groups (broad SMARTS) is 1. The van der Waals surface area contributed by atoms with Crippen molar-refractivity contribution in [1.82, 2.24) is 30.7 Å². The predicted octanol–water partition coefficient (Wildman–Crippen LogP) is 5.05. The molecule has 10 N–H and O–H groups in total. The highest BCUT2D eigenvalue weighted by molar-refractivity contribution is 6.12. The highest BCUT2D eigenvalue weighted by Gasteiger charge is 2.47. The van der Waals surface area contributed by atoms with E-state index in [2.05, 4.69) is 21.3 Å². The van der Waals surface area contributed by atoms with E-state index in [-0.39, 0.29) is 127 Å². The van der Waals surface area contributed by atoms with Gasteiger partial charge in [-0.3, -0.25) is 38.5 Å². The lowest BCUT2D eigenvalue weighted by Crippen LogP contribution is -2.57. The van der Waals surface area contributed by atoms with Gasteiger partial charge in [-0.1, -0.05) is 77.5 Å². The number of nitrogens with one attached hydrogen (secondary N) is 4. The lowest BCUT2D eigenvalue weighted by Gasteiger charge is -2.41. The summed E-state index contributed by atoms with van der Waals surface area (Å²) in [5, 5.41) is 53.0. The molecule has 2 saturated heterocycles. The molecule has 93 heavy (non-hydrogen) atoms. The molecule has 4 aliphatic heterocycles. The summed E-state index contributed by atoms with van der Waals surface area (Å²) in [7, 11) is 1.44. The van der Waals surface area contributed by atoms with Crippen molar-refractivity contribution in [2.45, 2.75) is 211 Å². The third-order valence-corrected chi connectivity index (χ3v) is 17.3. The van der Waals surface area contributed by atoms with Gasteiger partial charge in [0.15, 0.2) is 6.10 Å². The summed E-state index contributed by atoms with van der Waals surface area (Å²) in [6, 6.07) is 2.58. The third kappa shape index (κ3) is 24.3. The van der Waals surface area contributed by atoms with Crippen molar-refractivity contribution in [2.24, 2.45) is 23.5 Å². The van der Waals surface area contributed by atoms with Crippen LogP contribution in [0.3, 0.4) is 0 Å². The van der Waals surface area contributed by atoms with Crippen LogP contribution >= 0.6 is 0 Å². The van der Waals surface area contributed by atoms with Crippen molar-refractivity contribution in [2.75, 3.05) is 45.2 Å². The van der Waals surface area contributed by atoms with E-state index in [1.54, 1.807) is 89.3 Å². The second-order valence-corrected chi connectivity index (χ2v) is 25.4. The number of aliphatic hydroxyl groups is 3. The maximum absolute atomic E-state index is 14.3. The van der Waals surface area contributed by atoms with E-state index in [0.29, 0.717) is 48.9 Å². The maximum Gasteiger partial charge on any atom is 0.410 e. The fourth-order valence-corrected chi connectivity index (χ4v) is 11.3. The first-order valence-corrected chi connectivity index (χ1v) is 32.1. The lowest BCUT2D eigenvalue weighted by atomic mass is 9.88. The number of ether oxygens (including phenoxy) is 5. The first-order chi connectivity index (χ1) is 43.9. The van der Waals surface area contributed by atoms with E-state index in [4.69, 9.17) is 29.4 Å². The number of aliphatic carboxylic acids is 1. The van der Waals surface area contributed by atoms with Gasteiger partial charge in [0.2, 0.25) is 17.7 Å². The monoisotopic (exact) mass is 1310 g/mol. The van der Waals surface area contributed by atoms with E-state index >= 15 is 0 Å². The molecule has 4 heterocycles. The summed E-state index contributed by atoms with van der Waals surface area (Å²) in [6.45, 7) is 14.1. The number of imide groups is 1. The van der Waals surface area contributed by atoms with Crippen LogP contribution in [0.1, 0.15) is 144 Å². The molecule has 4 aliphatic rings. The molecule has 27 nitrogen and oxygen atoms in total. The minimum atomic E-state index is -1.26. The minimum Gasteiger partial charge on any atom is -0.481 e. The number of urea groups is 1. The lowest BCUT2D eigenvalue weighted by molar-refractivity contribution is -0.152. The van der Waals surface area contributed by atoms with E-state index < -0.39 is 108 Å². The molecule has 0 spiro atoms. The number of amides is 9. The van der Waals surface area contributed by atoms with Crippen molar-refractivity contribution in [3.63, 3.8) is 0 Å². The summed E-state index contributed by atoms with van der Waals surface area (Å²) >= 11 is 0. The topological polar surface area (TPSA) is 385 Å². The molecule has 9 amide bonds. The number of hydrogen-bond donors (Lipinski definition) is 9. The number of aliphatic hydroxyl groups excluding tert-OH is 2. The number of nitrogens with two attached hydrogens (primary N) is 1. The van der Waals surface area contributed by atoms with Crippen molar-refractivity contribution < 1.29 is 92.1 Å². The summed E-state index contributed by atoms with van der Waals surface area (Å²) in [5.74, 6) is -5.13. The van der Waals surface area contributed by atoms with Crippen molar-refractivity contribution in [3.05, 3.63) is 77.9 Å². The van der Waals surface area contributed by atoms with Crippen LogP contribution in [-0.4, -0.2) is 201 Å². The van der Waals surface area contributed by atoms with Gasteiger partial charge in [0.05, 0.1) is 42.5 Å². The number of esters is 1. The van der Waals surface area contributed by atoms with Crippen molar-refractivity contribution in [1.29, 1.82) is 0 Å². The molecular weight excluding hydrogens is 1210 g/mol. The zero-order chi connectivity index (χ0) is 68.7. The van der Waals surface area contributed by atoms with Gasteiger partial charge in [0.25, 0.3) is 11.8 Å². The van der Waals surface area contributed by atoms with Gasteiger partial charge in [-0.2, -0.15) is 0 Å². The number of carboxylic acids is 1. The van der Waals surface area contributed by atoms with E-state index in [1.807, 2.05) is 20.8 Å². The molecule has 27 heteroatoms. The fourth-order valence-electron chi connectivity index (χ4n) is 11.3. The second-order valence-electron chi connectivity index (χ2n) is 25.4. The summed E-state index contributed by atoms with van der Waals surface area (Å²) in [4.78, 5) is 133. The van der Waals surface area contributed by atoms with Crippen LogP contribution in [0, 0.1) is 17.8 Å². The SMILES string of the molecule is CC[C@H](O)[C@@H](C)[C@H]1O[C@@H]1C[C@@](C)(O)/C=C/C=C(\C)[C@H]1OC(=O)C[C@H](O)CC[C@@](C)(OC)[C@@H](OC(=O)N2CCN(C(=O)OCc3ccc(NC(=O)[C@H](CCCNC(N)=O)NC(=O)[C@@H](NC(=O)CCCCCN4C(=O)C=CC4=O)C(C)C)cc3)[C@@H](CCC(=O)O)C2)/C=C/[C@@H]1C. The first kappa shape index (κ1) is 76.0. The number of unbranched alkanes of at least 4 members (excludes halogenated alkanes) is 2. The number of anilines is 1. The van der Waals surface area contributed by atoms with Crippen LogP contribution in [0.5, 0.6) is 0 Å². The molecule has 0 saturated carbocycles. The molecule has 0 unspecified atom stereocenters. The average molecular weight is 1310 g/mol. The van der Waals surface area contributed by atoms with E-state index in [0.717, 1.165) is 4.90 Å². The van der Waals surface area contributed by atoms with Crippen LogP contribution < -0.4 is 27.0 Å². The predicted molar refractivity (Wildman–Crippen MR) is 340 cm³/mol. The van der Waals surface area contributed by atoms with Crippen LogP contribution in [-0.2, 0) is 63.9 Å². The second kappa shape index (κ2) is 36.1. The Hall–Kier alpha value is -7.72. The number of benzene rings is 1. The van der Waals surface area contributed by atoms with Gasteiger partial charge < -0.3 is 80.9 Å². The number of nitrogens with zero attached hydrogens (tertiary/aromatic N) is 3. The molecule has 0 bridgehead atoms. The third-order valence-electron chi connectivity index (χ3n) is 17.3. The summed E-state index contributed by atoms with van der Waals surface area (Å²) < 4.78 is 29.7. The molecule has 0 radical (unpaired) electrons. The number of carbonyl (C=O) groups is 10. The Morgan fingerprint density at radius 1 is 0.935 bits per heavy atom. The molecule has 516 valence electrons. The number of allylic oxidation sites excluding steroid dienone is 2. The molecular formula is C66H98N8O19. The van der Waals surface area contributed by atoms with Gasteiger partial charge >= 0.3 is 30.2 Å². The Morgan fingerprint density at radius 2 is 1.63 bits per heavy atom. The summed E-state index contributed by atoms with van der Waals surface area (Å²) in [5.41, 5.74) is 4.19. The number of piperazine rings is 1. The fraction of sp³-hybridized carbons (Fsp3) is 0.636. The summed E-state index contributed by atoms with van der Waals surface area (Å²) in [6.07, 6.45) is 7.59. The van der Waals surface area contributed by atoms with Gasteiger partial charge in [0, 0.05) is 88.8 Å². The van der Waals surface area contributed by atoms with Gasteiger partial charge in [-0.15, -0.1) is 0 Å². The Balaban J connectivity index is 1.20. The standard InChI is InChI=1S/C66H98N8O19/c1-10-49(76)43(6)59-50(91-59)37-65(7,88)30-14-16-41(4)58-42(5)19-25-51(66(8,89-9)31-29-47(75)36-56(82)93-58)92-63(86)72-34-35-73(46(38-72)24-28-55(80)81)64(87)90-39-44-20-22-45(23-21-44)69-60(83)48(17-15-32-68-62(67)85)70-61(84)57(40(2)3)71-52(77)18-12-11-13-33-74-53(78)26-27-54(74)79/h14,16,19-23,25-27,30,40,42-43,46-51,57-59,75-76,88H,10-13,15,17-18,24,28-29,31-39H2,1-9H3,(H,69,83)(H,70,84)(H,71,77)(H,80,81)(H3,67,68,85)/b25-19+,30-14+,41-16+/t42-,43+,46-,47+,48-,49-,50+,51-,57-,58+,59+,65-,66+/m0/s1. The molecule has 2 fully saturated rings. The highest BCUT2D eigenvalue weighted by Crippen LogP contribution is 2.38. The van der Waals surface area contributed by atoms with Gasteiger partial charge in [-0.05, 0) is 107 Å². The number of carbonyl (C=O) groups excluding carboxylic acids is 9. The van der Waals surface area contributed by atoms with Crippen LogP contribution in [0.25, 0.3) is 0 Å². The average Bonchev–Trinajstić information content (AvgIpc) is 1.74. The van der Waals surface area contributed by atoms with Gasteiger partial charge in [0.1, 0.15) is 30.4 Å². The molecule has 1 aromatic rings. The minimum absolute atomic E-state index is 0.0243. The number of rotatable bonds is 31. The number of cyclic esters (lactones) is 1. The van der Waals surface area contributed by atoms with Crippen molar-refractivity contribution in [3.8, 4) is 0 Å². The number of epoxide rings is 1. The van der Waals surface area contributed by atoms with Crippen LogP contribution in [0.15, 0.2) is 72.4 Å². The molecule has 0 aromatic heterocycles. The van der Waals surface area contributed by atoms with E-state index in [9.17, 15) is 68.4 Å². The maximum atomic E-state index is 14.3. The first-order valence-electron chi connectivity index (χ1n) is 32.1. The molecule has 5 rings (SSSR count). The number of hydrogen-bond acceptors (Lipinski definition) is 18. The zero-order valence-electron chi connectivity index (χ0n) is 55.0. The van der Waals surface area contributed by atoms with E-state index in [1.165, 1.54) is 29.1 Å².